The summed E-state index contributed by atoms with van der Waals surface area (Å²) in [6.45, 7) is 6.40. The van der Waals surface area contributed by atoms with Gasteiger partial charge in [-0.05, 0) is 56.8 Å². The first-order valence-electron chi connectivity index (χ1n) is 16.1. The lowest BCUT2D eigenvalue weighted by Gasteiger charge is -2.26. The van der Waals surface area contributed by atoms with Gasteiger partial charge in [-0.3, -0.25) is 14.2 Å². The maximum atomic E-state index is 13.4. The molecule has 4 heterocycles. The third-order valence-electron chi connectivity index (χ3n) is 8.62. The maximum Gasteiger partial charge on any atom is 0.289 e. The first-order valence-corrected chi connectivity index (χ1v) is 16.1. The summed E-state index contributed by atoms with van der Waals surface area (Å²) in [5, 5.41) is 9.38. The van der Waals surface area contributed by atoms with Crippen molar-refractivity contribution in [2.24, 2.45) is 0 Å². The minimum atomic E-state index is -0.540. The van der Waals surface area contributed by atoms with Crippen molar-refractivity contribution in [1.82, 2.24) is 35.1 Å². The Kier molecular flexibility index (Phi) is 9.96. The summed E-state index contributed by atoms with van der Waals surface area (Å²) in [5.41, 5.74) is 3.37. The van der Waals surface area contributed by atoms with Gasteiger partial charge >= 0.3 is 0 Å². The quantitative estimate of drug-likeness (QED) is 0.219. The van der Waals surface area contributed by atoms with Crippen LogP contribution in [-0.4, -0.2) is 81.6 Å². The van der Waals surface area contributed by atoms with Crippen LogP contribution < -0.4 is 16.0 Å². The number of anilines is 1. The molecule has 2 fully saturated rings. The third-order valence-corrected chi connectivity index (χ3v) is 8.62. The number of carbonyl (C=O) groups excluding carboxylic acids is 2. The number of imidazole rings is 1. The number of piperidine rings is 1. The summed E-state index contributed by atoms with van der Waals surface area (Å²) < 4.78 is 7.96. The summed E-state index contributed by atoms with van der Waals surface area (Å²) in [5.74, 6) is 0.134. The molecule has 3 N–H and O–H groups in total. The van der Waals surface area contributed by atoms with E-state index in [0.29, 0.717) is 49.5 Å². The Hall–Kier alpha value is -4.35. The normalized spacial score (nSPS) is 18.7. The Bertz CT molecular complexity index is 1530. The van der Waals surface area contributed by atoms with E-state index in [-0.39, 0.29) is 23.6 Å². The summed E-state index contributed by atoms with van der Waals surface area (Å²) in [4.78, 5) is 42.4. The lowest BCUT2D eigenvalue weighted by molar-refractivity contribution is -0.133. The average molecular weight is 611 g/mol. The second-order valence-corrected chi connectivity index (χ2v) is 11.7. The second kappa shape index (κ2) is 14.6. The topological polar surface area (TPSA) is 126 Å². The highest BCUT2D eigenvalue weighted by Gasteiger charge is 2.33. The highest BCUT2D eigenvalue weighted by molar-refractivity contribution is 5.94. The number of carbonyl (C=O) groups is 2. The molecule has 2 aliphatic rings. The van der Waals surface area contributed by atoms with E-state index in [4.69, 9.17) is 14.7 Å². The molecular formula is C34H42N8O3. The fourth-order valence-electron chi connectivity index (χ4n) is 6.24. The van der Waals surface area contributed by atoms with Gasteiger partial charge in [0.15, 0.2) is 17.0 Å². The monoisotopic (exact) mass is 610 g/mol. The molecule has 0 bridgehead atoms. The van der Waals surface area contributed by atoms with Gasteiger partial charge in [-0.1, -0.05) is 67.1 Å². The Morgan fingerprint density at radius 3 is 2.33 bits per heavy atom. The molecule has 2 saturated heterocycles. The summed E-state index contributed by atoms with van der Waals surface area (Å²) in [6.07, 6.45) is 5.58. The van der Waals surface area contributed by atoms with Gasteiger partial charge in [0.1, 0.15) is 12.3 Å². The number of aromatic nitrogens is 4. The average Bonchev–Trinajstić information content (AvgIpc) is 3.74. The largest absolute Gasteiger partial charge is 0.367 e. The van der Waals surface area contributed by atoms with Crippen LogP contribution in [0.5, 0.6) is 0 Å². The lowest BCUT2D eigenvalue weighted by atomic mass is 9.91. The number of nitrogens with one attached hydrogen (secondary N) is 3. The number of nitrogens with zero attached hydrogens (tertiary/aromatic N) is 5. The van der Waals surface area contributed by atoms with Crippen LogP contribution in [0.4, 0.5) is 5.82 Å². The van der Waals surface area contributed by atoms with Crippen LogP contribution in [0, 0.1) is 0 Å². The molecule has 2 atom stereocenters. The van der Waals surface area contributed by atoms with Crippen molar-refractivity contribution in [1.29, 1.82) is 0 Å². The second-order valence-electron chi connectivity index (χ2n) is 11.7. The lowest BCUT2D eigenvalue weighted by Crippen LogP contribution is -2.38. The molecular weight excluding hydrogens is 568 g/mol. The predicted octanol–water partition coefficient (Wildman–Crippen LogP) is 4.10. The van der Waals surface area contributed by atoms with E-state index in [1.165, 1.54) is 30.4 Å². The molecule has 2 unspecified atom stereocenters. The predicted molar refractivity (Wildman–Crippen MR) is 173 cm³/mol. The molecule has 0 aliphatic carbocycles. The first kappa shape index (κ1) is 30.7. The maximum absolute atomic E-state index is 13.4. The molecule has 2 aliphatic heterocycles. The van der Waals surface area contributed by atoms with Gasteiger partial charge in [0.05, 0.1) is 6.33 Å². The molecule has 0 radical (unpaired) electrons. The molecule has 6 rings (SSSR count). The van der Waals surface area contributed by atoms with Gasteiger partial charge in [-0.25, -0.2) is 15.0 Å². The number of ether oxygens (including phenoxy) is 1. The number of hydrogen-bond donors (Lipinski definition) is 3. The number of amides is 2. The van der Waals surface area contributed by atoms with E-state index in [2.05, 4.69) is 50.1 Å². The Morgan fingerprint density at radius 2 is 1.64 bits per heavy atom. The van der Waals surface area contributed by atoms with Crippen LogP contribution in [0.25, 0.3) is 11.2 Å². The molecule has 45 heavy (non-hydrogen) atoms. The zero-order valence-electron chi connectivity index (χ0n) is 25.8. The number of hydrogen-bond acceptors (Lipinski definition) is 8. The van der Waals surface area contributed by atoms with Crippen LogP contribution in [0.15, 0.2) is 67.0 Å². The molecule has 11 nitrogen and oxygen atoms in total. The summed E-state index contributed by atoms with van der Waals surface area (Å²) in [6, 6.07) is 20.7. The van der Waals surface area contributed by atoms with E-state index >= 15 is 0 Å². The number of fused-ring (bicyclic) bond motifs is 1. The van der Waals surface area contributed by atoms with Crippen molar-refractivity contribution in [3.05, 3.63) is 83.9 Å². The molecule has 2 amide bonds. The van der Waals surface area contributed by atoms with Crippen LogP contribution in [0.3, 0.4) is 0 Å². The fourth-order valence-corrected chi connectivity index (χ4v) is 6.24. The highest BCUT2D eigenvalue weighted by atomic mass is 16.5. The van der Waals surface area contributed by atoms with E-state index < -0.39 is 12.3 Å². The number of benzene rings is 2. The summed E-state index contributed by atoms with van der Waals surface area (Å²) in [7, 11) is 0. The number of rotatable bonds is 12. The first-order chi connectivity index (χ1) is 22.1. The minimum absolute atomic E-state index is 0.0392. The van der Waals surface area contributed by atoms with Crippen molar-refractivity contribution in [3.63, 3.8) is 0 Å². The molecule has 2 aromatic heterocycles. The van der Waals surface area contributed by atoms with Crippen molar-refractivity contribution < 1.29 is 14.3 Å². The number of likely N-dealkylation sites (tertiary alicyclic amines) is 1. The SMILES string of the molecule is CCNC(=O)C1CCC(n2cnc3c(NCC(c4ccccc4)c4ccccc4)nc(C(=O)NCCN4CCCCC4)nc32)O1. The van der Waals surface area contributed by atoms with Gasteiger partial charge in [0.2, 0.25) is 11.7 Å². The van der Waals surface area contributed by atoms with Crippen LogP contribution >= 0.6 is 0 Å². The van der Waals surface area contributed by atoms with Crippen molar-refractivity contribution >= 4 is 28.8 Å². The molecule has 4 aromatic rings. The zero-order valence-corrected chi connectivity index (χ0v) is 25.8. The van der Waals surface area contributed by atoms with Crippen molar-refractivity contribution in [3.8, 4) is 0 Å². The fraction of sp³-hybridized carbons (Fsp3) is 0.441. The third kappa shape index (κ3) is 7.32. The minimum Gasteiger partial charge on any atom is -0.367 e. The van der Waals surface area contributed by atoms with Gasteiger partial charge in [0.25, 0.3) is 5.91 Å². The van der Waals surface area contributed by atoms with Gasteiger partial charge in [-0.2, -0.15) is 0 Å². The molecule has 2 aromatic carbocycles. The van der Waals surface area contributed by atoms with Gasteiger partial charge < -0.3 is 25.6 Å². The zero-order chi connectivity index (χ0) is 31.0. The highest BCUT2D eigenvalue weighted by Crippen LogP contribution is 2.32. The van der Waals surface area contributed by atoms with E-state index in [9.17, 15) is 9.59 Å². The summed E-state index contributed by atoms with van der Waals surface area (Å²) >= 11 is 0. The Morgan fingerprint density at radius 1 is 0.933 bits per heavy atom. The Balaban J connectivity index is 1.28. The van der Waals surface area contributed by atoms with Crippen molar-refractivity contribution in [2.45, 2.75) is 57.3 Å². The van der Waals surface area contributed by atoms with Crippen LogP contribution in [0.2, 0.25) is 0 Å². The standard InChI is InChI=1S/C34H42N8O3/c1-2-35-33(43)27-16-17-28(45-27)42-23-38-29-30(37-22-26(24-12-6-3-7-13-24)25-14-8-4-9-15-25)39-31(40-32(29)42)34(44)36-18-21-41-19-10-5-11-20-41/h3-4,6-9,12-15,23,26-28H,2,5,10-11,16-22H2,1H3,(H,35,43)(H,36,44)(H,37,39,40). The molecule has 236 valence electrons. The van der Waals surface area contributed by atoms with E-state index in [1.807, 2.05) is 47.9 Å². The van der Waals surface area contributed by atoms with Gasteiger partial charge in [0, 0.05) is 32.1 Å². The molecule has 0 spiro atoms. The number of likely N-dealkylation sites (N-methyl/N-ethyl adjacent to an activating group) is 1. The van der Waals surface area contributed by atoms with Crippen molar-refractivity contribution in [2.75, 3.05) is 44.6 Å². The van der Waals surface area contributed by atoms with E-state index in [0.717, 1.165) is 19.6 Å². The van der Waals surface area contributed by atoms with Gasteiger partial charge in [-0.15, -0.1) is 0 Å². The molecule has 11 heteroatoms. The Labute approximate surface area is 263 Å². The van der Waals surface area contributed by atoms with E-state index in [1.54, 1.807) is 6.33 Å². The smallest absolute Gasteiger partial charge is 0.289 e. The van der Waals surface area contributed by atoms with Crippen LogP contribution in [-0.2, 0) is 9.53 Å². The van der Waals surface area contributed by atoms with Crippen LogP contribution in [0.1, 0.15) is 72.9 Å². The molecule has 0 saturated carbocycles.